The summed E-state index contributed by atoms with van der Waals surface area (Å²) in [6.45, 7) is -3.11. The van der Waals surface area contributed by atoms with Crippen molar-refractivity contribution < 1.29 is 32.9 Å². The minimum absolute atomic E-state index is 0.00417. The zero-order chi connectivity index (χ0) is 23.4. The number of rotatable bonds is 9. The molecule has 2 aromatic heterocycles. The maximum Gasteiger partial charge on any atom is 0.387 e. The van der Waals surface area contributed by atoms with E-state index in [0.29, 0.717) is 28.3 Å². The Morgan fingerprint density at radius 2 is 1.73 bits per heavy atom. The van der Waals surface area contributed by atoms with Crippen molar-refractivity contribution in [1.82, 2.24) is 19.6 Å². The van der Waals surface area contributed by atoms with Crippen molar-refractivity contribution in [3.63, 3.8) is 0 Å². The monoisotopic (exact) mass is 456 g/mol. The quantitative estimate of drug-likeness (QED) is 0.407. The summed E-state index contributed by atoms with van der Waals surface area (Å²) in [5.74, 6) is -0.806. The number of ether oxygens (including phenoxy) is 3. The molecule has 33 heavy (non-hydrogen) atoms. The molecule has 0 amide bonds. The normalized spacial score (nSPS) is 12.0. The summed E-state index contributed by atoms with van der Waals surface area (Å²) >= 11 is 0. The second-order valence-electron chi connectivity index (χ2n) is 6.84. The van der Waals surface area contributed by atoms with E-state index < -0.39 is 18.5 Å². The van der Waals surface area contributed by atoms with Gasteiger partial charge in [0.05, 0.1) is 19.5 Å². The fraction of sp³-hybridized carbons (Fsp3) is 0.182. The van der Waals surface area contributed by atoms with Gasteiger partial charge in [0.25, 0.3) is 0 Å². The second kappa shape index (κ2) is 9.47. The third kappa shape index (κ3) is 4.81. The molecule has 1 N–H and O–H groups in total. The summed E-state index contributed by atoms with van der Waals surface area (Å²) in [7, 11) is 1.52. The molecule has 11 heteroatoms. The molecule has 0 aliphatic rings. The minimum Gasteiger partial charge on any atom is -0.497 e. The number of halogens is 2. The molecule has 1 unspecified atom stereocenters. The summed E-state index contributed by atoms with van der Waals surface area (Å²) in [4.78, 5) is 15.9. The lowest BCUT2D eigenvalue weighted by Gasteiger charge is -2.15. The average molecular weight is 456 g/mol. The molecule has 4 rings (SSSR count). The minimum atomic E-state index is -2.93. The first-order valence-corrected chi connectivity index (χ1v) is 9.70. The molecule has 1 atom stereocenters. The highest BCUT2D eigenvalue weighted by Gasteiger charge is 2.22. The van der Waals surface area contributed by atoms with E-state index >= 15 is 0 Å². The molecule has 0 bridgehead atoms. The van der Waals surface area contributed by atoms with E-state index in [4.69, 9.17) is 9.47 Å². The summed E-state index contributed by atoms with van der Waals surface area (Å²) in [5.41, 5.74) is 1.47. The lowest BCUT2D eigenvalue weighted by molar-refractivity contribution is -0.139. The van der Waals surface area contributed by atoms with Crippen molar-refractivity contribution in [3.05, 3.63) is 66.5 Å². The Morgan fingerprint density at radius 1 is 1.03 bits per heavy atom. The number of aliphatic carboxylic acids is 1. The number of hydrogen-bond acceptors (Lipinski definition) is 7. The van der Waals surface area contributed by atoms with Gasteiger partial charge in [0, 0.05) is 5.56 Å². The number of aromatic nitrogens is 4. The van der Waals surface area contributed by atoms with Gasteiger partial charge in [0.1, 0.15) is 24.0 Å². The van der Waals surface area contributed by atoms with Gasteiger partial charge in [-0.3, -0.25) is 9.78 Å². The fourth-order valence-electron chi connectivity index (χ4n) is 3.21. The average Bonchev–Trinajstić information content (AvgIpc) is 3.24. The van der Waals surface area contributed by atoms with Crippen LogP contribution in [0.1, 0.15) is 11.5 Å². The van der Waals surface area contributed by atoms with E-state index in [1.165, 1.54) is 31.6 Å². The molecule has 0 saturated heterocycles. The Hall–Kier alpha value is -4.28. The van der Waals surface area contributed by atoms with Crippen LogP contribution in [0.3, 0.4) is 0 Å². The Bertz CT molecular complexity index is 1250. The topological polar surface area (TPSA) is 108 Å². The number of benzene rings is 2. The van der Waals surface area contributed by atoms with Gasteiger partial charge in [-0.05, 0) is 42.0 Å². The van der Waals surface area contributed by atoms with Gasteiger partial charge in [0.15, 0.2) is 11.5 Å². The molecular weight excluding hydrogens is 438 g/mol. The molecule has 0 aliphatic carbocycles. The summed E-state index contributed by atoms with van der Waals surface area (Å²) in [5, 5.41) is 17.9. The molecule has 170 valence electrons. The van der Waals surface area contributed by atoms with Crippen LogP contribution >= 0.6 is 0 Å². The van der Waals surface area contributed by atoms with Crippen molar-refractivity contribution in [2.24, 2.45) is 0 Å². The molecular formula is C22H18F2N4O5. The van der Waals surface area contributed by atoms with Crippen LogP contribution in [0, 0.1) is 0 Å². The molecule has 0 aliphatic heterocycles. The predicted octanol–water partition coefficient (Wildman–Crippen LogP) is 3.65. The first-order valence-electron chi connectivity index (χ1n) is 9.70. The van der Waals surface area contributed by atoms with Crippen LogP contribution in [0.4, 0.5) is 8.78 Å². The third-order valence-electron chi connectivity index (χ3n) is 4.84. The summed E-state index contributed by atoms with van der Waals surface area (Å²) in [6, 6.07) is 12.5. The van der Waals surface area contributed by atoms with E-state index in [1.54, 1.807) is 40.8 Å². The molecule has 0 saturated carbocycles. The zero-order valence-corrected chi connectivity index (χ0v) is 17.3. The Morgan fingerprint density at radius 3 is 2.36 bits per heavy atom. The number of carboxylic acid groups (broad SMARTS) is 1. The smallest absolute Gasteiger partial charge is 0.387 e. The maximum atomic E-state index is 12.4. The van der Waals surface area contributed by atoms with Crippen molar-refractivity contribution in [1.29, 1.82) is 0 Å². The molecule has 2 aromatic carbocycles. The molecule has 4 aromatic rings. The number of fused-ring (bicyclic) bond motifs is 1. The number of methoxy groups -OCH3 is 1. The van der Waals surface area contributed by atoms with Crippen LogP contribution in [0.5, 0.6) is 17.4 Å². The molecule has 2 heterocycles. The van der Waals surface area contributed by atoms with Crippen LogP contribution in [-0.2, 0) is 4.79 Å². The third-order valence-corrected chi connectivity index (χ3v) is 4.84. The number of hydrogen-bond donors (Lipinski definition) is 1. The molecule has 0 fully saturated rings. The lowest BCUT2D eigenvalue weighted by atomic mass is 10.0. The highest BCUT2D eigenvalue weighted by atomic mass is 19.3. The summed E-state index contributed by atoms with van der Waals surface area (Å²) < 4.78 is 41.7. The SMILES string of the molecule is COc1ccc(C(COc2cncc3nnc(-c4ccc(OC(F)F)cc4)n23)C(=O)O)cc1. The Kier molecular flexibility index (Phi) is 6.29. The fourth-order valence-corrected chi connectivity index (χ4v) is 3.21. The maximum absolute atomic E-state index is 12.4. The standard InChI is InChI=1S/C22H18F2N4O5/c1-31-15-6-2-13(3-7-15)17(21(29)30)12-32-19-11-25-10-18-26-27-20(28(18)19)14-4-8-16(9-5-14)33-22(23)24/h2-11,17,22H,12H2,1H3,(H,29,30). The predicted molar refractivity (Wildman–Crippen MR) is 112 cm³/mol. The molecule has 0 spiro atoms. The van der Waals surface area contributed by atoms with Gasteiger partial charge >= 0.3 is 12.6 Å². The number of nitrogens with zero attached hydrogens (tertiary/aromatic N) is 4. The van der Waals surface area contributed by atoms with Gasteiger partial charge in [-0.2, -0.15) is 8.78 Å². The van der Waals surface area contributed by atoms with Crippen molar-refractivity contribution >= 4 is 11.6 Å². The van der Waals surface area contributed by atoms with Gasteiger partial charge in [-0.15, -0.1) is 10.2 Å². The molecule has 9 nitrogen and oxygen atoms in total. The van der Waals surface area contributed by atoms with Crippen molar-refractivity contribution in [2.75, 3.05) is 13.7 Å². The van der Waals surface area contributed by atoms with Gasteiger partial charge in [-0.25, -0.2) is 4.40 Å². The molecule has 0 radical (unpaired) electrons. The van der Waals surface area contributed by atoms with E-state index in [0.717, 1.165) is 0 Å². The lowest BCUT2D eigenvalue weighted by Crippen LogP contribution is -2.20. The highest BCUT2D eigenvalue weighted by Crippen LogP contribution is 2.27. The van der Waals surface area contributed by atoms with E-state index in [-0.39, 0.29) is 18.2 Å². The highest BCUT2D eigenvalue weighted by molar-refractivity contribution is 5.76. The first-order chi connectivity index (χ1) is 16.0. The second-order valence-corrected chi connectivity index (χ2v) is 6.84. The van der Waals surface area contributed by atoms with Crippen LogP contribution in [-0.4, -0.2) is 51.0 Å². The van der Waals surface area contributed by atoms with Crippen molar-refractivity contribution in [2.45, 2.75) is 12.5 Å². The zero-order valence-electron chi connectivity index (χ0n) is 17.3. The van der Waals surface area contributed by atoms with E-state index in [2.05, 4.69) is 19.9 Å². The van der Waals surface area contributed by atoms with Crippen molar-refractivity contribution in [3.8, 4) is 28.8 Å². The number of alkyl halides is 2. The van der Waals surface area contributed by atoms with Crippen LogP contribution in [0.15, 0.2) is 60.9 Å². The van der Waals surface area contributed by atoms with Crippen LogP contribution in [0.25, 0.3) is 17.0 Å². The Labute approximate surface area is 186 Å². The largest absolute Gasteiger partial charge is 0.497 e. The van der Waals surface area contributed by atoms with Crippen LogP contribution in [0.2, 0.25) is 0 Å². The Balaban J connectivity index is 1.61. The van der Waals surface area contributed by atoms with Crippen LogP contribution < -0.4 is 14.2 Å². The summed E-state index contributed by atoms with van der Waals surface area (Å²) in [6.07, 6.45) is 2.89. The number of carbonyl (C=O) groups is 1. The van der Waals surface area contributed by atoms with E-state index in [1.807, 2.05) is 0 Å². The van der Waals surface area contributed by atoms with Gasteiger partial charge in [0.2, 0.25) is 5.88 Å². The van der Waals surface area contributed by atoms with Gasteiger partial charge < -0.3 is 19.3 Å². The number of carboxylic acids is 1. The van der Waals surface area contributed by atoms with E-state index in [9.17, 15) is 18.7 Å². The first kappa shape index (κ1) is 21.9. The van der Waals surface area contributed by atoms with Gasteiger partial charge in [-0.1, -0.05) is 12.1 Å².